The normalized spacial score (nSPS) is 45.8. The molecule has 4 aliphatic rings. The van der Waals surface area contributed by atoms with E-state index in [2.05, 4.69) is 34.6 Å². The first-order chi connectivity index (χ1) is 14.8. The highest BCUT2D eigenvalue weighted by atomic mass is 16.2. The van der Waals surface area contributed by atoms with Crippen LogP contribution in [0.3, 0.4) is 0 Å². The van der Waals surface area contributed by atoms with Crippen LogP contribution < -0.4 is 0 Å². The van der Waals surface area contributed by atoms with Crippen LogP contribution in [0.2, 0.25) is 0 Å². The minimum atomic E-state index is 0.389. The predicted molar refractivity (Wildman–Crippen MR) is 133 cm³/mol. The Morgan fingerprint density at radius 1 is 0.806 bits per heavy atom. The third kappa shape index (κ3) is 4.52. The fourth-order valence-corrected chi connectivity index (χ4v) is 10.0. The number of aliphatic hydroxyl groups is 1. The highest BCUT2D eigenvalue weighted by Gasteiger charge is 2.60. The summed E-state index contributed by atoms with van der Waals surface area (Å²) >= 11 is 0. The van der Waals surface area contributed by atoms with Crippen molar-refractivity contribution in [1.29, 1.82) is 0 Å². The van der Waals surface area contributed by atoms with Crippen LogP contribution in [0.25, 0.3) is 0 Å². The fraction of sp³-hybridized carbons (Fsp3) is 1.00. The monoisotopic (exact) mass is 430 g/mol. The van der Waals surface area contributed by atoms with Gasteiger partial charge in [-0.25, -0.2) is 0 Å². The van der Waals surface area contributed by atoms with E-state index in [4.69, 9.17) is 0 Å². The fourth-order valence-electron chi connectivity index (χ4n) is 10.0. The van der Waals surface area contributed by atoms with Crippen molar-refractivity contribution in [3.8, 4) is 0 Å². The molecule has 0 heterocycles. The summed E-state index contributed by atoms with van der Waals surface area (Å²) < 4.78 is 0. The second-order valence-corrected chi connectivity index (χ2v) is 13.7. The summed E-state index contributed by atoms with van der Waals surface area (Å²) in [6.07, 6.45) is 20.2. The average Bonchev–Trinajstić information content (AvgIpc) is 3.09. The third-order valence-electron chi connectivity index (χ3n) is 11.7. The summed E-state index contributed by atoms with van der Waals surface area (Å²) in [4.78, 5) is 0. The molecule has 1 nitrogen and oxygen atoms in total. The lowest BCUT2D eigenvalue weighted by Gasteiger charge is -2.61. The van der Waals surface area contributed by atoms with Gasteiger partial charge < -0.3 is 5.11 Å². The van der Waals surface area contributed by atoms with Crippen LogP contribution in [0.15, 0.2) is 0 Å². The predicted octanol–water partition coefficient (Wildman–Crippen LogP) is 8.50. The van der Waals surface area contributed by atoms with E-state index in [1.165, 1.54) is 83.5 Å². The second-order valence-electron chi connectivity index (χ2n) is 13.7. The molecule has 0 radical (unpaired) electrons. The number of hydrogen-bond acceptors (Lipinski definition) is 1. The van der Waals surface area contributed by atoms with Crippen LogP contribution in [0.5, 0.6) is 0 Å². The van der Waals surface area contributed by atoms with Gasteiger partial charge in [0.1, 0.15) is 0 Å². The van der Waals surface area contributed by atoms with Gasteiger partial charge >= 0.3 is 0 Å². The van der Waals surface area contributed by atoms with Crippen molar-refractivity contribution in [3.63, 3.8) is 0 Å². The van der Waals surface area contributed by atoms with Gasteiger partial charge in [0.2, 0.25) is 0 Å². The minimum Gasteiger partial charge on any atom is -0.396 e. The van der Waals surface area contributed by atoms with E-state index in [9.17, 15) is 5.11 Å². The highest BCUT2D eigenvalue weighted by Crippen LogP contribution is 2.68. The maximum atomic E-state index is 9.28. The molecule has 1 heteroatoms. The van der Waals surface area contributed by atoms with Crippen molar-refractivity contribution in [2.45, 2.75) is 125 Å². The van der Waals surface area contributed by atoms with Crippen molar-refractivity contribution >= 4 is 0 Å². The Balaban J connectivity index is 1.41. The van der Waals surface area contributed by atoms with E-state index >= 15 is 0 Å². The zero-order valence-electron chi connectivity index (χ0n) is 21.7. The third-order valence-corrected chi connectivity index (χ3v) is 11.7. The first-order valence-electron chi connectivity index (χ1n) is 14.4. The molecule has 4 fully saturated rings. The molecule has 0 spiro atoms. The molecule has 9 atom stereocenters. The molecule has 0 aliphatic heterocycles. The molecule has 5 unspecified atom stereocenters. The Morgan fingerprint density at radius 3 is 2.29 bits per heavy atom. The van der Waals surface area contributed by atoms with Gasteiger partial charge in [0, 0.05) is 6.61 Å². The standard InChI is InChI=1S/C30H54O/c1-21(2)8-6-9-22(3)26-13-14-27-25-12-11-24-20-23(10-7-19-31)15-17-29(24,4)28(25)16-18-30(26,27)5/h21-28,31H,6-20H2,1-5H3/t22?,23-,24?,25-,26?,27?,28?,29-,30+/m0/s1. The van der Waals surface area contributed by atoms with Crippen LogP contribution >= 0.6 is 0 Å². The lowest BCUT2D eigenvalue weighted by atomic mass is 9.44. The van der Waals surface area contributed by atoms with Crippen LogP contribution in [0.4, 0.5) is 0 Å². The Labute approximate surface area is 194 Å². The maximum absolute atomic E-state index is 9.28. The first-order valence-corrected chi connectivity index (χ1v) is 14.4. The lowest BCUT2D eigenvalue weighted by Crippen LogP contribution is -2.53. The zero-order chi connectivity index (χ0) is 22.2. The molecular weight excluding hydrogens is 376 g/mol. The summed E-state index contributed by atoms with van der Waals surface area (Å²) in [6.45, 7) is 13.2. The van der Waals surface area contributed by atoms with Crippen molar-refractivity contribution in [2.75, 3.05) is 6.61 Å². The molecule has 0 amide bonds. The van der Waals surface area contributed by atoms with E-state index in [0.29, 0.717) is 17.4 Å². The van der Waals surface area contributed by atoms with Crippen molar-refractivity contribution in [3.05, 3.63) is 0 Å². The number of rotatable bonds is 8. The Hall–Kier alpha value is -0.0400. The van der Waals surface area contributed by atoms with Gasteiger partial charge in [-0.15, -0.1) is 0 Å². The number of aliphatic hydroxyl groups excluding tert-OH is 1. The van der Waals surface area contributed by atoms with Gasteiger partial charge in [-0.2, -0.15) is 0 Å². The van der Waals surface area contributed by atoms with Gasteiger partial charge in [-0.3, -0.25) is 0 Å². The van der Waals surface area contributed by atoms with E-state index in [-0.39, 0.29) is 0 Å². The molecule has 0 aromatic rings. The smallest absolute Gasteiger partial charge is 0.0431 e. The second kappa shape index (κ2) is 9.68. The minimum absolute atomic E-state index is 0.389. The molecule has 0 saturated heterocycles. The van der Waals surface area contributed by atoms with Crippen molar-refractivity contribution < 1.29 is 5.11 Å². The van der Waals surface area contributed by atoms with Crippen LogP contribution in [0.1, 0.15) is 125 Å². The zero-order valence-corrected chi connectivity index (χ0v) is 21.7. The van der Waals surface area contributed by atoms with Crippen LogP contribution in [-0.4, -0.2) is 11.7 Å². The molecule has 4 aliphatic carbocycles. The summed E-state index contributed by atoms with van der Waals surface area (Å²) in [5, 5.41) is 9.28. The van der Waals surface area contributed by atoms with Gasteiger partial charge in [-0.05, 0) is 129 Å². The van der Waals surface area contributed by atoms with E-state index in [1.54, 1.807) is 0 Å². The SMILES string of the molecule is CC(C)CCCC(C)C1CCC2[C@@H]3CCC4C[C@@H](CCCO)CC[C@]4(C)C3CC[C@]12C. The van der Waals surface area contributed by atoms with E-state index in [1.807, 2.05) is 0 Å². The Morgan fingerprint density at radius 2 is 1.55 bits per heavy atom. The lowest BCUT2D eigenvalue weighted by molar-refractivity contribution is -0.121. The van der Waals surface area contributed by atoms with Gasteiger partial charge in [0.15, 0.2) is 0 Å². The summed E-state index contributed by atoms with van der Waals surface area (Å²) in [6, 6.07) is 0. The van der Waals surface area contributed by atoms with Gasteiger partial charge in [-0.1, -0.05) is 53.9 Å². The summed E-state index contributed by atoms with van der Waals surface area (Å²) in [7, 11) is 0. The molecule has 0 aromatic carbocycles. The van der Waals surface area contributed by atoms with E-state index < -0.39 is 0 Å². The van der Waals surface area contributed by atoms with Crippen molar-refractivity contribution in [1.82, 2.24) is 0 Å². The summed E-state index contributed by atoms with van der Waals surface area (Å²) in [5.74, 6) is 7.73. The van der Waals surface area contributed by atoms with Crippen LogP contribution in [-0.2, 0) is 0 Å². The van der Waals surface area contributed by atoms with E-state index in [0.717, 1.165) is 53.8 Å². The van der Waals surface area contributed by atoms with Crippen molar-refractivity contribution in [2.24, 2.45) is 58.2 Å². The molecule has 180 valence electrons. The number of hydrogen-bond donors (Lipinski definition) is 1. The van der Waals surface area contributed by atoms with Gasteiger partial charge in [0.25, 0.3) is 0 Å². The molecule has 4 rings (SSSR count). The largest absolute Gasteiger partial charge is 0.396 e. The summed E-state index contributed by atoms with van der Waals surface area (Å²) in [5.41, 5.74) is 1.26. The average molecular weight is 431 g/mol. The molecule has 4 saturated carbocycles. The molecule has 0 aromatic heterocycles. The van der Waals surface area contributed by atoms with Crippen LogP contribution in [0, 0.1) is 58.2 Å². The Bertz CT molecular complexity index is 583. The highest BCUT2D eigenvalue weighted by molar-refractivity contribution is 5.09. The van der Waals surface area contributed by atoms with Gasteiger partial charge in [0.05, 0.1) is 0 Å². The molecule has 0 bridgehead atoms. The molecule has 1 N–H and O–H groups in total. The maximum Gasteiger partial charge on any atom is 0.0431 e. The first kappa shape index (κ1) is 24.1. The quantitative estimate of drug-likeness (QED) is 0.409. The number of fused-ring (bicyclic) bond motifs is 5. The molecular formula is C30H54O. The molecule has 31 heavy (non-hydrogen) atoms. The Kier molecular flexibility index (Phi) is 7.52. The topological polar surface area (TPSA) is 20.2 Å².